The maximum atomic E-state index is 12.5. The van der Waals surface area contributed by atoms with E-state index in [1.807, 2.05) is 0 Å². The molecule has 0 aromatic carbocycles. The molecule has 2 heterocycles. The van der Waals surface area contributed by atoms with Gasteiger partial charge in [0.1, 0.15) is 0 Å². The van der Waals surface area contributed by atoms with Crippen molar-refractivity contribution in [1.82, 2.24) is 14.2 Å². The van der Waals surface area contributed by atoms with Crippen LogP contribution in [-0.2, 0) is 10.0 Å². The van der Waals surface area contributed by atoms with E-state index >= 15 is 0 Å². The minimum atomic E-state index is -3.78. The fraction of sp³-hybridized carbons (Fsp3) is 0.667. The molecular formula is C12H19N3O4S2. The molecule has 7 nitrogen and oxygen atoms in total. The number of carbonyl (C=O) groups is 1. The Labute approximate surface area is 128 Å². The first-order valence-corrected chi connectivity index (χ1v) is 8.88. The predicted octanol–water partition coefficient (Wildman–Crippen LogP) is 0.946. The Bertz CT molecular complexity index is 625. The molecule has 1 N–H and O–H groups in total. The Morgan fingerprint density at radius 1 is 1.29 bits per heavy atom. The molecule has 1 aliphatic heterocycles. The largest absolute Gasteiger partial charge is 0.476 e. The Kier molecular flexibility index (Phi) is 4.39. The number of hydrogen-bond acceptors (Lipinski definition) is 6. The van der Waals surface area contributed by atoms with Crippen molar-refractivity contribution in [2.45, 2.75) is 30.5 Å². The van der Waals surface area contributed by atoms with Crippen LogP contribution in [0, 0.1) is 0 Å². The van der Waals surface area contributed by atoms with Crippen molar-refractivity contribution in [3.05, 3.63) is 11.2 Å². The fourth-order valence-electron chi connectivity index (χ4n) is 2.28. The Morgan fingerprint density at radius 3 is 2.33 bits per heavy atom. The number of sulfonamides is 1. The van der Waals surface area contributed by atoms with Gasteiger partial charge in [-0.05, 0) is 20.8 Å². The number of thiazole rings is 1. The van der Waals surface area contributed by atoms with Crippen molar-refractivity contribution >= 4 is 27.3 Å². The summed E-state index contributed by atoms with van der Waals surface area (Å²) in [7, 11) is -3.78. The molecule has 1 aliphatic rings. The minimum absolute atomic E-state index is 0.00738. The van der Waals surface area contributed by atoms with E-state index < -0.39 is 21.7 Å². The molecule has 1 aromatic heterocycles. The first-order chi connectivity index (χ1) is 9.64. The van der Waals surface area contributed by atoms with Crippen LogP contribution in [0.4, 0.5) is 0 Å². The van der Waals surface area contributed by atoms with Gasteiger partial charge in [0.15, 0.2) is 9.90 Å². The van der Waals surface area contributed by atoms with E-state index in [2.05, 4.69) is 30.7 Å². The van der Waals surface area contributed by atoms with Crippen LogP contribution in [-0.4, -0.2) is 65.4 Å². The topological polar surface area (TPSA) is 90.8 Å². The average molecular weight is 333 g/mol. The third-order valence-electron chi connectivity index (χ3n) is 3.50. The normalized spacial score (nSPS) is 18.8. The summed E-state index contributed by atoms with van der Waals surface area (Å²) in [4.78, 5) is 16.9. The number of aromatic carboxylic acids is 1. The van der Waals surface area contributed by atoms with Crippen molar-refractivity contribution in [3.63, 3.8) is 0 Å². The molecule has 9 heteroatoms. The van der Waals surface area contributed by atoms with Crippen LogP contribution in [0.1, 0.15) is 31.3 Å². The van der Waals surface area contributed by atoms with E-state index in [0.29, 0.717) is 26.2 Å². The van der Waals surface area contributed by atoms with Crippen LogP contribution in [0.25, 0.3) is 0 Å². The zero-order chi connectivity index (χ0) is 15.8. The van der Waals surface area contributed by atoms with Gasteiger partial charge in [0.05, 0.1) is 5.51 Å². The molecule has 0 aliphatic carbocycles. The van der Waals surface area contributed by atoms with Crippen LogP contribution < -0.4 is 0 Å². The number of aromatic nitrogens is 1. The van der Waals surface area contributed by atoms with Crippen LogP contribution in [0.2, 0.25) is 0 Å². The highest BCUT2D eigenvalue weighted by atomic mass is 32.2. The molecular weight excluding hydrogens is 314 g/mol. The Balaban J connectivity index is 2.19. The number of nitrogens with zero attached hydrogens (tertiary/aromatic N) is 3. The van der Waals surface area contributed by atoms with Crippen molar-refractivity contribution in [2.24, 2.45) is 0 Å². The lowest BCUT2D eigenvalue weighted by atomic mass is 10.1. The number of carboxylic acids is 1. The molecule has 0 atom stereocenters. The van der Waals surface area contributed by atoms with Gasteiger partial charge in [-0.1, -0.05) is 0 Å². The summed E-state index contributed by atoms with van der Waals surface area (Å²) in [5.41, 5.74) is 0.854. The van der Waals surface area contributed by atoms with Gasteiger partial charge < -0.3 is 5.11 Å². The predicted molar refractivity (Wildman–Crippen MR) is 79.2 cm³/mol. The molecule has 0 amide bonds. The maximum Gasteiger partial charge on any atom is 0.356 e. The molecule has 118 valence electrons. The quantitative estimate of drug-likeness (QED) is 0.885. The third-order valence-corrected chi connectivity index (χ3v) is 6.74. The highest BCUT2D eigenvalue weighted by molar-refractivity contribution is 7.91. The van der Waals surface area contributed by atoms with E-state index in [-0.39, 0.29) is 9.75 Å². The molecule has 0 bridgehead atoms. The lowest BCUT2D eigenvalue weighted by molar-refractivity contribution is 0.0686. The Hall–Kier alpha value is -1.03. The van der Waals surface area contributed by atoms with Gasteiger partial charge in [0.25, 0.3) is 10.0 Å². The molecule has 0 unspecified atom stereocenters. The minimum Gasteiger partial charge on any atom is -0.476 e. The van der Waals surface area contributed by atoms with Gasteiger partial charge in [-0.3, -0.25) is 4.90 Å². The smallest absolute Gasteiger partial charge is 0.356 e. The second-order valence-electron chi connectivity index (χ2n) is 5.86. The summed E-state index contributed by atoms with van der Waals surface area (Å²) in [5.74, 6) is -1.32. The monoisotopic (exact) mass is 333 g/mol. The molecule has 0 spiro atoms. The molecule has 1 fully saturated rings. The SMILES string of the molecule is CC(C)(C)N1CCN(S(=O)(=O)c2scnc2C(=O)O)CC1. The van der Waals surface area contributed by atoms with Crippen molar-refractivity contribution in [1.29, 1.82) is 0 Å². The zero-order valence-corrected chi connectivity index (χ0v) is 13.9. The van der Waals surface area contributed by atoms with Gasteiger partial charge in [-0.25, -0.2) is 18.2 Å². The summed E-state index contributed by atoms with van der Waals surface area (Å²) >= 11 is 0.850. The second-order valence-corrected chi connectivity index (χ2v) is 8.84. The average Bonchev–Trinajstić information content (AvgIpc) is 2.88. The number of hydrogen-bond donors (Lipinski definition) is 1. The number of piperazine rings is 1. The van der Waals surface area contributed by atoms with Crippen molar-refractivity contribution < 1.29 is 18.3 Å². The molecule has 0 saturated carbocycles. The molecule has 2 rings (SSSR count). The molecule has 1 aromatic rings. The summed E-state index contributed by atoms with van der Waals surface area (Å²) in [6, 6.07) is 0. The van der Waals surface area contributed by atoms with Crippen LogP contribution in [0.5, 0.6) is 0 Å². The van der Waals surface area contributed by atoms with Crippen molar-refractivity contribution in [2.75, 3.05) is 26.2 Å². The molecule has 0 radical (unpaired) electrons. The number of rotatable bonds is 3. The van der Waals surface area contributed by atoms with Gasteiger partial charge in [0, 0.05) is 31.7 Å². The van der Waals surface area contributed by atoms with Gasteiger partial charge in [-0.15, -0.1) is 11.3 Å². The van der Waals surface area contributed by atoms with Gasteiger partial charge in [0.2, 0.25) is 0 Å². The second kappa shape index (κ2) is 5.64. The van der Waals surface area contributed by atoms with Gasteiger partial charge in [-0.2, -0.15) is 4.31 Å². The van der Waals surface area contributed by atoms with Gasteiger partial charge >= 0.3 is 5.97 Å². The first-order valence-electron chi connectivity index (χ1n) is 6.56. The summed E-state index contributed by atoms with van der Waals surface area (Å²) in [6.45, 7) is 8.23. The summed E-state index contributed by atoms with van der Waals surface area (Å²) < 4.78 is 26.3. The van der Waals surface area contributed by atoms with E-state index in [4.69, 9.17) is 5.11 Å². The van der Waals surface area contributed by atoms with Crippen LogP contribution >= 0.6 is 11.3 Å². The standard InChI is InChI=1S/C12H19N3O4S2/c1-12(2,3)14-4-6-15(7-5-14)21(18,19)11-9(10(16)17)13-8-20-11/h8H,4-7H2,1-3H3,(H,16,17). The lowest BCUT2D eigenvalue weighted by Gasteiger charge is -2.41. The van der Waals surface area contributed by atoms with E-state index in [1.165, 1.54) is 9.82 Å². The van der Waals surface area contributed by atoms with Crippen LogP contribution in [0.3, 0.4) is 0 Å². The highest BCUT2D eigenvalue weighted by Crippen LogP contribution is 2.26. The zero-order valence-electron chi connectivity index (χ0n) is 12.2. The van der Waals surface area contributed by atoms with Crippen molar-refractivity contribution in [3.8, 4) is 0 Å². The third kappa shape index (κ3) is 3.25. The van der Waals surface area contributed by atoms with E-state index in [0.717, 1.165) is 11.3 Å². The maximum absolute atomic E-state index is 12.5. The lowest BCUT2D eigenvalue weighted by Crippen LogP contribution is -2.54. The Morgan fingerprint density at radius 2 is 1.86 bits per heavy atom. The molecule has 1 saturated heterocycles. The fourth-order valence-corrected chi connectivity index (χ4v) is 4.98. The van der Waals surface area contributed by atoms with Crippen LogP contribution in [0.15, 0.2) is 9.72 Å². The summed E-state index contributed by atoms with van der Waals surface area (Å²) in [6.07, 6.45) is 0. The number of carboxylic acid groups (broad SMARTS) is 1. The highest BCUT2D eigenvalue weighted by Gasteiger charge is 2.35. The molecule has 21 heavy (non-hydrogen) atoms. The summed E-state index contributed by atoms with van der Waals surface area (Å²) in [5, 5.41) is 9.02. The van der Waals surface area contributed by atoms with E-state index in [9.17, 15) is 13.2 Å². The first kappa shape index (κ1) is 16.3. The van der Waals surface area contributed by atoms with E-state index in [1.54, 1.807) is 0 Å².